The zero-order valence-electron chi connectivity index (χ0n) is 14.1. The second kappa shape index (κ2) is 5.78. The molecule has 0 atom stereocenters. The van der Waals surface area contributed by atoms with Crippen LogP contribution in [-0.4, -0.2) is 33.3 Å². The van der Waals surface area contributed by atoms with Gasteiger partial charge in [0.15, 0.2) is 0 Å². The van der Waals surface area contributed by atoms with Gasteiger partial charge < -0.3 is 4.90 Å². The van der Waals surface area contributed by atoms with Crippen molar-refractivity contribution in [2.24, 2.45) is 0 Å². The van der Waals surface area contributed by atoms with Gasteiger partial charge in [0.1, 0.15) is 5.65 Å². The second-order valence-corrected chi connectivity index (χ2v) is 6.56. The third-order valence-electron chi connectivity index (χ3n) is 4.72. The molecule has 0 spiro atoms. The number of carbonyl (C=O) groups excluding carboxylic acids is 1. The normalized spacial score (nSPS) is 14.5. The number of carbonyl (C=O) groups is 1. The number of hydrogen-bond acceptors (Lipinski definition) is 2. The number of amides is 1. The highest BCUT2D eigenvalue weighted by Crippen LogP contribution is 2.26. The largest absolute Gasteiger partial charge is 0.339 e. The van der Waals surface area contributed by atoms with Crippen molar-refractivity contribution in [2.75, 3.05) is 13.1 Å². The summed E-state index contributed by atoms with van der Waals surface area (Å²) in [4.78, 5) is 19.3. The summed E-state index contributed by atoms with van der Waals surface area (Å²) < 4.78 is 2.05. The highest BCUT2D eigenvalue weighted by Gasteiger charge is 2.20. The highest BCUT2D eigenvalue weighted by molar-refractivity contribution is 5.94. The molecule has 4 rings (SSSR count). The molecular weight excluding hydrogens is 298 g/mol. The molecule has 1 aromatic carbocycles. The Morgan fingerprint density at radius 3 is 2.62 bits per heavy atom. The predicted molar refractivity (Wildman–Crippen MR) is 95.2 cm³/mol. The topological polar surface area (TPSA) is 37.6 Å². The zero-order chi connectivity index (χ0) is 16.7. The van der Waals surface area contributed by atoms with Crippen molar-refractivity contribution in [1.29, 1.82) is 0 Å². The Morgan fingerprint density at radius 1 is 1.08 bits per heavy atom. The molecule has 1 aliphatic rings. The number of aryl methyl sites for hydroxylation is 2. The molecule has 0 radical (unpaired) electrons. The molecule has 0 saturated carbocycles. The van der Waals surface area contributed by atoms with Gasteiger partial charge >= 0.3 is 0 Å². The summed E-state index contributed by atoms with van der Waals surface area (Å²) in [5.41, 5.74) is 5.99. The average molecular weight is 319 g/mol. The van der Waals surface area contributed by atoms with Gasteiger partial charge in [0.25, 0.3) is 5.91 Å². The number of hydrogen-bond donors (Lipinski definition) is 0. The van der Waals surface area contributed by atoms with E-state index in [1.807, 2.05) is 34.6 Å². The monoisotopic (exact) mass is 319 g/mol. The first-order valence-corrected chi connectivity index (χ1v) is 8.48. The number of imidazole rings is 1. The number of benzene rings is 1. The molecule has 0 unspecified atom stereocenters. The summed E-state index contributed by atoms with van der Waals surface area (Å²) in [6.07, 6.45) is 4.15. The Morgan fingerprint density at radius 2 is 1.88 bits per heavy atom. The van der Waals surface area contributed by atoms with Crippen LogP contribution in [0.15, 0.2) is 42.6 Å². The van der Waals surface area contributed by atoms with Crippen molar-refractivity contribution < 1.29 is 4.79 Å². The minimum Gasteiger partial charge on any atom is -0.339 e. The van der Waals surface area contributed by atoms with Crippen molar-refractivity contribution in [1.82, 2.24) is 14.3 Å². The lowest BCUT2D eigenvalue weighted by Crippen LogP contribution is -2.27. The Kier molecular flexibility index (Phi) is 3.60. The molecule has 2 aromatic heterocycles. The molecule has 0 aliphatic carbocycles. The predicted octanol–water partition coefficient (Wildman–Crippen LogP) is 3.85. The van der Waals surface area contributed by atoms with Gasteiger partial charge in [-0.05, 0) is 44.9 Å². The van der Waals surface area contributed by atoms with Crippen LogP contribution in [0.25, 0.3) is 16.9 Å². The fraction of sp³-hybridized carbons (Fsp3) is 0.300. The highest BCUT2D eigenvalue weighted by atomic mass is 16.2. The minimum atomic E-state index is 0.121. The maximum Gasteiger partial charge on any atom is 0.255 e. The van der Waals surface area contributed by atoms with Crippen LogP contribution in [0.1, 0.15) is 34.5 Å². The summed E-state index contributed by atoms with van der Waals surface area (Å²) >= 11 is 0. The summed E-state index contributed by atoms with van der Waals surface area (Å²) in [7, 11) is 0. The smallest absolute Gasteiger partial charge is 0.255 e. The first-order chi connectivity index (χ1) is 11.6. The van der Waals surface area contributed by atoms with E-state index in [1.54, 1.807) is 0 Å². The molecule has 1 saturated heterocycles. The number of fused-ring (bicyclic) bond motifs is 1. The maximum atomic E-state index is 12.7. The van der Waals surface area contributed by atoms with Crippen LogP contribution in [0.2, 0.25) is 0 Å². The molecule has 24 heavy (non-hydrogen) atoms. The van der Waals surface area contributed by atoms with E-state index in [9.17, 15) is 4.79 Å². The summed E-state index contributed by atoms with van der Waals surface area (Å²) in [5.74, 6) is 0.121. The Balaban J connectivity index is 1.83. The fourth-order valence-electron chi connectivity index (χ4n) is 3.53. The minimum absolute atomic E-state index is 0.121. The van der Waals surface area contributed by atoms with Crippen LogP contribution in [-0.2, 0) is 0 Å². The Hall–Kier alpha value is -2.62. The number of aromatic nitrogens is 2. The van der Waals surface area contributed by atoms with E-state index in [0.717, 1.165) is 54.1 Å². The average Bonchev–Trinajstić information content (AvgIpc) is 3.20. The van der Waals surface area contributed by atoms with Crippen molar-refractivity contribution in [3.05, 3.63) is 59.4 Å². The molecular formula is C20H21N3O. The van der Waals surface area contributed by atoms with Crippen molar-refractivity contribution >= 4 is 11.6 Å². The van der Waals surface area contributed by atoms with E-state index >= 15 is 0 Å². The van der Waals surface area contributed by atoms with Gasteiger partial charge in [-0.15, -0.1) is 0 Å². The Bertz CT molecular complexity index is 920. The van der Waals surface area contributed by atoms with E-state index in [4.69, 9.17) is 0 Å². The number of pyridine rings is 1. The number of likely N-dealkylation sites (tertiary alicyclic amines) is 1. The first-order valence-electron chi connectivity index (χ1n) is 8.48. The molecule has 4 nitrogen and oxygen atoms in total. The standard InChI is InChI=1S/C20H21N3O/c1-14-6-5-7-16(12-14)19-15(2)21-18-9-8-17(13-23(18)19)20(24)22-10-3-4-11-22/h5-9,12-13H,3-4,10-11H2,1-2H3. The van der Waals surface area contributed by atoms with Gasteiger partial charge in [-0.3, -0.25) is 9.20 Å². The fourth-order valence-corrected chi connectivity index (χ4v) is 3.53. The third kappa shape index (κ3) is 2.48. The van der Waals surface area contributed by atoms with Gasteiger partial charge in [0.2, 0.25) is 0 Å². The van der Waals surface area contributed by atoms with E-state index in [1.165, 1.54) is 5.56 Å². The lowest BCUT2D eigenvalue weighted by Gasteiger charge is -2.15. The number of rotatable bonds is 2. The number of nitrogens with zero attached hydrogens (tertiary/aromatic N) is 3. The van der Waals surface area contributed by atoms with Gasteiger partial charge in [-0.25, -0.2) is 4.98 Å². The zero-order valence-corrected chi connectivity index (χ0v) is 14.1. The van der Waals surface area contributed by atoms with E-state index in [2.05, 4.69) is 36.2 Å². The van der Waals surface area contributed by atoms with Gasteiger partial charge in [0.05, 0.1) is 17.0 Å². The van der Waals surface area contributed by atoms with E-state index in [0.29, 0.717) is 0 Å². The van der Waals surface area contributed by atoms with Crippen LogP contribution in [0.3, 0.4) is 0 Å². The lowest BCUT2D eigenvalue weighted by molar-refractivity contribution is 0.0792. The second-order valence-electron chi connectivity index (χ2n) is 6.56. The molecule has 4 heteroatoms. The van der Waals surface area contributed by atoms with Crippen LogP contribution >= 0.6 is 0 Å². The lowest BCUT2D eigenvalue weighted by atomic mass is 10.1. The summed E-state index contributed by atoms with van der Waals surface area (Å²) in [5, 5.41) is 0. The van der Waals surface area contributed by atoms with Crippen molar-refractivity contribution in [2.45, 2.75) is 26.7 Å². The molecule has 0 bridgehead atoms. The quantitative estimate of drug-likeness (QED) is 0.719. The SMILES string of the molecule is Cc1cccc(-c2c(C)nc3ccc(C(=O)N4CCCC4)cn23)c1. The van der Waals surface area contributed by atoms with E-state index in [-0.39, 0.29) is 5.91 Å². The Labute approximate surface area is 141 Å². The van der Waals surface area contributed by atoms with E-state index < -0.39 is 0 Å². The summed E-state index contributed by atoms with van der Waals surface area (Å²) in [6.45, 7) is 5.84. The van der Waals surface area contributed by atoms with Gasteiger partial charge in [-0.1, -0.05) is 23.8 Å². The molecule has 3 aromatic rings. The first kappa shape index (κ1) is 14.9. The van der Waals surface area contributed by atoms with Crippen LogP contribution in [0.5, 0.6) is 0 Å². The molecule has 1 fully saturated rings. The van der Waals surface area contributed by atoms with Crippen LogP contribution in [0.4, 0.5) is 0 Å². The molecule has 122 valence electrons. The van der Waals surface area contributed by atoms with Crippen molar-refractivity contribution in [3.8, 4) is 11.3 Å². The third-order valence-corrected chi connectivity index (χ3v) is 4.72. The van der Waals surface area contributed by atoms with Crippen LogP contribution in [0, 0.1) is 13.8 Å². The van der Waals surface area contributed by atoms with Gasteiger partial charge in [-0.2, -0.15) is 0 Å². The maximum absolute atomic E-state index is 12.7. The molecule has 0 N–H and O–H groups in total. The summed E-state index contributed by atoms with van der Waals surface area (Å²) in [6, 6.07) is 12.2. The van der Waals surface area contributed by atoms with Gasteiger partial charge in [0, 0.05) is 24.8 Å². The molecule has 1 amide bonds. The molecule has 3 heterocycles. The van der Waals surface area contributed by atoms with Crippen LogP contribution < -0.4 is 0 Å². The molecule has 1 aliphatic heterocycles. The van der Waals surface area contributed by atoms with Crippen molar-refractivity contribution in [3.63, 3.8) is 0 Å².